The largest absolute Gasteiger partial charge is 0.361 e. The van der Waals surface area contributed by atoms with E-state index in [0.29, 0.717) is 12.1 Å². The zero-order chi connectivity index (χ0) is 14.0. The Kier molecular flexibility index (Phi) is 4.04. The SMILES string of the molecule is Cc1cc(CN(C)C(=O)c2ccc(C)c(Br)c2)no1. The molecule has 1 heterocycles. The van der Waals surface area contributed by atoms with Gasteiger partial charge in [0.15, 0.2) is 0 Å². The number of carbonyl (C=O) groups excluding carboxylic acids is 1. The highest BCUT2D eigenvalue weighted by atomic mass is 79.9. The van der Waals surface area contributed by atoms with Crippen LogP contribution >= 0.6 is 15.9 Å². The molecule has 100 valence electrons. The fraction of sp³-hybridized carbons (Fsp3) is 0.286. The van der Waals surface area contributed by atoms with E-state index in [0.717, 1.165) is 21.5 Å². The topological polar surface area (TPSA) is 46.3 Å². The molecule has 0 aliphatic carbocycles. The third kappa shape index (κ3) is 3.23. The van der Waals surface area contributed by atoms with Crippen molar-refractivity contribution < 1.29 is 9.32 Å². The number of amides is 1. The summed E-state index contributed by atoms with van der Waals surface area (Å²) in [6.45, 7) is 4.25. The average molecular weight is 323 g/mol. The predicted molar refractivity (Wildman–Crippen MR) is 75.9 cm³/mol. The summed E-state index contributed by atoms with van der Waals surface area (Å²) in [5.41, 5.74) is 2.51. The Morgan fingerprint density at radius 2 is 2.11 bits per heavy atom. The molecule has 19 heavy (non-hydrogen) atoms. The van der Waals surface area contributed by atoms with E-state index in [1.807, 2.05) is 38.1 Å². The van der Waals surface area contributed by atoms with Gasteiger partial charge in [0.25, 0.3) is 5.91 Å². The van der Waals surface area contributed by atoms with E-state index in [2.05, 4.69) is 21.1 Å². The minimum atomic E-state index is -0.0404. The first-order valence-electron chi connectivity index (χ1n) is 5.91. The van der Waals surface area contributed by atoms with E-state index in [9.17, 15) is 4.79 Å². The molecule has 0 aliphatic heterocycles. The Morgan fingerprint density at radius 3 is 2.68 bits per heavy atom. The van der Waals surface area contributed by atoms with Crippen LogP contribution in [0.3, 0.4) is 0 Å². The van der Waals surface area contributed by atoms with Gasteiger partial charge in [-0.05, 0) is 31.5 Å². The summed E-state index contributed by atoms with van der Waals surface area (Å²) in [5, 5.41) is 3.89. The molecule has 1 aromatic heterocycles. The molecule has 1 aromatic carbocycles. The van der Waals surface area contributed by atoms with Gasteiger partial charge in [-0.3, -0.25) is 4.79 Å². The molecule has 1 amide bonds. The predicted octanol–water partition coefficient (Wildman–Crippen LogP) is 3.33. The quantitative estimate of drug-likeness (QED) is 0.870. The van der Waals surface area contributed by atoms with Crippen LogP contribution in [0.25, 0.3) is 0 Å². The lowest BCUT2D eigenvalue weighted by molar-refractivity contribution is 0.0782. The van der Waals surface area contributed by atoms with Gasteiger partial charge in [0.1, 0.15) is 11.5 Å². The normalized spacial score (nSPS) is 10.5. The summed E-state index contributed by atoms with van der Waals surface area (Å²) in [7, 11) is 1.75. The van der Waals surface area contributed by atoms with Crippen LogP contribution in [-0.2, 0) is 6.54 Å². The van der Waals surface area contributed by atoms with Crippen molar-refractivity contribution in [3.05, 3.63) is 51.3 Å². The van der Waals surface area contributed by atoms with Gasteiger partial charge in [-0.25, -0.2) is 0 Å². The van der Waals surface area contributed by atoms with Crippen molar-refractivity contribution in [2.45, 2.75) is 20.4 Å². The Balaban J connectivity index is 2.12. The molecule has 0 saturated carbocycles. The highest BCUT2D eigenvalue weighted by Gasteiger charge is 2.14. The first kappa shape index (κ1) is 13.8. The van der Waals surface area contributed by atoms with Crippen LogP contribution in [0, 0.1) is 13.8 Å². The number of aromatic nitrogens is 1. The molecule has 2 aromatic rings. The minimum absolute atomic E-state index is 0.0404. The van der Waals surface area contributed by atoms with E-state index < -0.39 is 0 Å². The van der Waals surface area contributed by atoms with Crippen molar-refractivity contribution in [2.75, 3.05) is 7.05 Å². The van der Waals surface area contributed by atoms with Gasteiger partial charge in [-0.1, -0.05) is 27.2 Å². The van der Waals surface area contributed by atoms with Crippen LogP contribution < -0.4 is 0 Å². The maximum atomic E-state index is 12.3. The molecule has 0 aliphatic rings. The fourth-order valence-corrected chi connectivity index (χ4v) is 2.13. The van der Waals surface area contributed by atoms with Crippen molar-refractivity contribution in [2.24, 2.45) is 0 Å². The third-order valence-corrected chi connectivity index (χ3v) is 3.70. The first-order valence-corrected chi connectivity index (χ1v) is 6.70. The summed E-state index contributed by atoms with van der Waals surface area (Å²) >= 11 is 3.44. The number of nitrogens with zero attached hydrogens (tertiary/aromatic N) is 2. The van der Waals surface area contributed by atoms with E-state index in [4.69, 9.17) is 4.52 Å². The molecule has 0 fully saturated rings. The van der Waals surface area contributed by atoms with Gasteiger partial charge in [-0.2, -0.15) is 0 Å². The van der Waals surface area contributed by atoms with Crippen LogP contribution in [0.4, 0.5) is 0 Å². The molecule has 0 saturated heterocycles. The van der Waals surface area contributed by atoms with Gasteiger partial charge < -0.3 is 9.42 Å². The number of hydrogen-bond donors (Lipinski definition) is 0. The first-order chi connectivity index (χ1) is 8.97. The van der Waals surface area contributed by atoms with Gasteiger partial charge in [-0.15, -0.1) is 0 Å². The average Bonchev–Trinajstić information content (AvgIpc) is 2.77. The lowest BCUT2D eigenvalue weighted by Crippen LogP contribution is -2.26. The molecular formula is C14H15BrN2O2. The maximum Gasteiger partial charge on any atom is 0.253 e. The van der Waals surface area contributed by atoms with Crippen LogP contribution in [0.5, 0.6) is 0 Å². The van der Waals surface area contributed by atoms with Crippen LogP contribution in [0.2, 0.25) is 0 Å². The second-order valence-corrected chi connectivity index (χ2v) is 5.41. The molecule has 0 N–H and O–H groups in total. The zero-order valence-corrected chi connectivity index (χ0v) is 12.7. The summed E-state index contributed by atoms with van der Waals surface area (Å²) in [6.07, 6.45) is 0. The number of halogens is 1. The van der Waals surface area contributed by atoms with Crippen molar-refractivity contribution in [3.63, 3.8) is 0 Å². The second-order valence-electron chi connectivity index (χ2n) is 4.55. The summed E-state index contributed by atoms with van der Waals surface area (Å²) in [6, 6.07) is 7.41. The van der Waals surface area contributed by atoms with E-state index in [1.165, 1.54) is 0 Å². The molecule has 0 atom stereocenters. The minimum Gasteiger partial charge on any atom is -0.361 e. The van der Waals surface area contributed by atoms with Gasteiger partial charge in [0.05, 0.1) is 6.54 Å². The highest BCUT2D eigenvalue weighted by molar-refractivity contribution is 9.10. The molecule has 4 nitrogen and oxygen atoms in total. The van der Waals surface area contributed by atoms with Crippen molar-refractivity contribution in [1.82, 2.24) is 10.1 Å². The summed E-state index contributed by atoms with van der Waals surface area (Å²) in [4.78, 5) is 13.9. The van der Waals surface area contributed by atoms with E-state index in [1.54, 1.807) is 11.9 Å². The van der Waals surface area contributed by atoms with Crippen molar-refractivity contribution in [1.29, 1.82) is 0 Å². The molecule has 2 rings (SSSR count). The molecule has 0 radical (unpaired) electrons. The molecule has 0 unspecified atom stereocenters. The van der Waals surface area contributed by atoms with Gasteiger partial charge in [0, 0.05) is 23.2 Å². The number of rotatable bonds is 3. The Labute approximate surface area is 120 Å². The monoisotopic (exact) mass is 322 g/mol. The number of carbonyl (C=O) groups is 1. The lowest BCUT2D eigenvalue weighted by atomic mass is 10.1. The zero-order valence-electron chi connectivity index (χ0n) is 11.1. The van der Waals surface area contributed by atoms with E-state index in [-0.39, 0.29) is 5.91 Å². The molecule has 5 heteroatoms. The smallest absolute Gasteiger partial charge is 0.253 e. The number of hydrogen-bond acceptors (Lipinski definition) is 3. The van der Waals surface area contributed by atoms with E-state index >= 15 is 0 Å². The van der Waals surface area contributed by atoms with Gasteiger partial charge in [0.2, 0.25) is 0 Å². The fourth-order valence-electron chi connectivity index (χ4n) is 1.75. The number of aryl methyl sites for hydroxylation is 2. The standard InChI is InChI=1S/C14H15BrN2O2/c1-9-4-5-11(7-13(9)15)14(18)17(3)8-12-6-10(2)19-16-12/h4-7H,8H2,1-3H3. The van der Waals surface area contributed by atoms with Gasteiger partial charge >= 0.3 is 0 Å². The Bertz CT molecular complexity index is 607. The second kappa shape index (κ2) is 5.57. The Hall–Kier alpha value is -1.62. The van der Waals surface area contributed by atoms with Crippen LogP contribution in [0.15, 0.2) is 33.3 Å². The molecule has 0 bridgehead atoms. The maximum absolute atomic E-state index is 12.3. The number of benzene rings is 1. The highest BCUT2D eigenvalue weighted by Crippen LogP contribution is 2.18. The summed E-state index contributed by atoms with van der Waals surface area (Å²) in [5.74, 6) is 0.704. The van der Waals surface area contributed by atoms with Crippen LogP contribution in [-0.4, -0.2) is 23.0 Å². The summed E-state index contributed by atoms with van der Waals surface area (Å²) < 4.78 is 5.92. The molecular weight excluding hydrogens is 308 g/mol. The van der Waals surface area contributed by atoms with Crippen LogP contribution in [0.1, 0.15) is 27.4 Å². The Morgan fingerprint density at radius 1 is 1.37 bits per heavy atom. The van der Waals surface area contributed by atoms with Crippen molar-refractivity contribution in [3.8, 4) is 0 Å². The molecule has 0 spiro atoms. The third-order valence-electron chi connectivity index (χ3n) is 2.84. The lowest BCUT2D eigenvalue weighted by Gasteiger charge is -2.16. The van der Waals surface area contributed by atoms with Crippen molar-refractivity contribution >= 4 is 21.8 Å².